The first-order chi connectivity index (χ1) is 16.7. The topological polar surface area (TPSA) is 173 Å². The number of hydrogen-bond donors (Lipinski definition) is 6. The van der Waals surface area contributed by atoms with Crippen LogP contribution < -0.4 is 11.1 Å². The number of ketones is 2. The van der Waals surface area contributed by atoms with E-state index in [1.807, 2.05) is 13.8 Å². The lowest BCUT2D eigenvalue weighted by atomic mass is 9.58. The highest BCUT2D eigenvalue weighted by molar-refractivity contribution is 6.24. The predicted molar refractivity (Wildman–Crippen MR) is 126 cm³/mol. The van der Waals surface area contributed by atoms with Crippen LogP contribution in [0.15, 0.2) is 28.7 Å². The summed E-state index contributed by atoms with van der Waals surface area (Å²) in [6.45, 7) is 3.80. The number of hydrogen-bond acceptors (Lipinski definition) is 9. The van der Waals surface area contributed by atoms with Gasteiger partial charge in [-0.15, -0.1) is 0 Å². The number of carbonyl (C=O) groups excluding carboxylic acids is 3. The molecule has 0 spiro atoms. The van der Waals surface area contributed by atoms with Crippen LogP contribution in [0.5, 0.6) is 5.75 Å². The molecule has 11 heteroatoms. The SMILES string of the molecule is CC(C)NCc1cc(F)c2c(c1O)C(=O)C1=C(O)[C@]3(O)C(=O)C(C(N)=O)=C(O)[C@@H](N(C)C)[C@@H]3C[C@@H]1C2. The Hall–Kier alpha value is -3.28. The van der Waals surface area contributed by atoms with E-state index in [2.05, 4.69) is 5.32 Å². The van der Waals surface area contributed by atoms with Crippen molar-refractivity contribution in [3.05, 3.63) is 51.2 Å². The fourth-order valence-electron chi connectivity index (χ4n) is 5.77. The number of halogens is 1. The van der Waals surface area contributed by atoms with Crippen molar-refractivity contribution in [2.75, 3.05) is 14.1 Å². The van der Waals surface area contributed by atoms with Gasteiger partial charge in [-0.3, -0.25) is 19.3 Å². The van der Waals surface area contributed by atoms with Crippen LogP contribution >= 0.6 is 0 Å². The summed E-state index contributed by atoms with van der Waals surface area (Å²) in [7, 11) is 3.08. The number of nitrogens with one attached hydrogen (secondary N) is 1. The van der Waals surface area contributed by atoms with Gasteiger partial charge in [0.1, 0.15) is 28.7 Å². The predicted octanol–water partition coefficient (Wildman–Crippen LogP) is 0.758. The minimum atomic E-state index is -2.73. The van der Waals surface area contributed by atoms with Crippen molar-refractivity contribution in [2.24, 2.45) is 17.6 Å². The standard InChI is InChI=1S/C25H30FN3O7/c1-9(2)28-8-11-7-14(26)12-5-10-6-13-18(29(3)4)21(32)17(24(27)35)23(34)25(13,36)22(33)15(10)20(31)16(12)19(11)30/h7,9-10,13,18,28,30,32-33,36H,5-6,8H2,1-4H3,(H2,27,35)/t10-,13-,18-,25-/m0/s1. The number of phenolic OH excluding ortho intramolecular Hbond substituents is 1. The number of Topliss-reactive ketones (excluding diaryl/α,β-unsaturated/α-hetero) is 2. The van der Waals surface area contributed by atoms with Gasteiger partial charge in [0.05, 0.1) is 11.6 Å². The van der Waals surface area contributed by atoms with E-state index in [1.54, 1.807) is 0 Å². The Labute approximate surface area is 206 Å². The van der Waals surface area contributed by atoms with Gasteiger partial charge in [-0.2, -0.15) is 0 Å². The first kappa shape index (κ1) is 25.8. The Bertz CT molecular complexity index is 1250. The number of rotatable bonds is 5. The molecule has 3 aliphatic carbocycles. The van der Waals surface area contributed by atoms with Crippen molar-refractivity contribution in [2.45, 2.75) is 50.9 Å². The van der Waals surface area contributed by atoms with Gasteiger partial charge in [0, 0.05) is 35.2 Å². The zero-order chi connectivity index (χ0) is 26.9. The largest absolute Gasteiger partial charge is 0.510 e. The minimum Gasteiger partial charge on any atom is -0.510 e. The van der Waals surface area contributed by atoms with Crippen molar-refractivity contribution in [3.8, 4) is 5.75 Å². The summed E-state index contributed by atoms with van der Waals surface area (Å²) < 4.78 is 15.2. The zero-order valence-corrected chi connectivity index (χ0v) is 20.4. The lowest BCUT2D eigenvalue weighted by molar-refractivity contribution is -0.148. The molecule has 0 bridgehead atoms. The molecule has 1 aromatic rings. The number of amides is 1. The highest BCUT2D eigenvalue weighted by Crippen LogP contribution is 2.52. The third-order valence-electron chi connectivity index (χ3n) is 7.45. The van der Waals surface area contributed by atoms with Gasteiger partial charge in [-0.1, -0.05) is 13.8 Å². The second kappa shape index (κ2) is 8.68. The molecule has 0 saturated carbocycles. The molecular formula is C25H30FN3O7. The summed E-state index contributed by atoms with van der Waals surface area (Å²) in [6.07, 6.45) is -0.186. The number of aliphatic hydroxyl groups is 3. The lowest BCUT2D eigenvalue weighted by Crippen LogP contribution is -2.63. The van der Waals surface area contributed by atoms with Crippen LogP contribution in [0.3, 0.4) is 0 Å². The number of primary amides is 1. The molecule has 7 N–H and O–H groups in total. The summed E-state index contributed by atoms with van der Waals surface area (Å²) in [5, 5.41) is 47.4. The van der Waals surface area contributed by atoms with E-state index in [1.165, 1.54) is 19.0 Å². The van der Waals surface area contributed by atoms with E-state index >= 15 is 4.39 Å². The molecule has 0 fully saturated rings. The lowest BCUT2D eigenvalue weighted by Gasteiger charge is -2.50. The van der Waals surface area contributed by atoms with Crippen molar-refractivity contribution in [3.63, 3.8) is 0 Å². The van der Waals surface area contributed by atoms with E-state index in [-0.39, 0.29) is 47.7 Å². The smallest absolute Gasteiger partial charge is 0.255 e. The van der Waals surface area contributed by atoms with Crippen molar-refractivity contribution >= 4 is 17.5 Å². The molecule has 194 valence electrons. The fraction of sp³-hybridized carbons (Fsp3) is 0.480. The summed E-state index contributed by atoms with van der Waals surface area (Å²) in [6, 6.07) is 0.0780. The van der Waals surface area contributed by atoms with E-state index in [4.69, 9.17) is 5.73 Å². The van der Waals surface area contributed by atoms with Gasteiger partial charge in [0.25, 0.3) is 5.91 Å². The molecule has 10 nitrogen and oxygen atoms in total. The van der Waals surface area contributed by atoms with Crippen LogP contribution in [0.25, 0.3) is 0 Å². The third-order valence-corrected chi connectivity index (χ3v) is 7.45. The van der Waals surface area contributed by atoms with Crippen LogP contribution in [-0.4, -0.2) is 74.6 Å². The monoisotopic (exact) mass is 503 g/mol. The average molecular weight is 504 g/mol. The molecule has 0 aliphatic heterocycles. The number of allylic oxidation sites excluding steroid dienone is 1. The Balaban J connectivity index is 1.91. The molecule has 4 atom stereocenters. The highest BCUT2D eigenvalue weighted by atomic mass is 19.1. The molecule has 1 amide bonds. The van der Waals surface area contributed by atoms with Gasteiger partial charge in [0.15, 0.2) is 11.4 Å². The summed E-state index contributed by atoms with van der Waals surface area (Å²) in [5.41, 5.74) is 1.16. The Morgan fingerprint density at radius 1 is 1.28 bits per heavy atom. The maximum absolute atomic E-state index is 15.2. The van der Waals surface area contributed by atoms with Gasteiger partial charge < -0.3 is 31.5 Å². The van der Waals surface area contributed by atoms with Crippen molar-refractivity contribution in [1.29, 1.82) is 0 Å². The van der Waals surface area contributed by atoms with Crippen LogP contribution in [-0.2, 0) is 22.6 Å². The molecule has 4 rings (SSSR count). The number of likely N-dealkylation sites (N-methyl/N-ethyl adjacent to an activating group) is 1. The van der Waals surface area contributed by atoms with Crippen LogP contribution in [0.1, 0.15) is 41.8 Å². The number of carbonyl (C=O) groups is 3. The second-order valence-corrected chi connectivity index (χ2v) is 10.2. The van der Waals surface area contributed by atoms with Crippen LogP contribution in [0, 0.1) is 17.7 Å². The molecule has 3 aliphatic rings. The number of phenols is 1. The highest BCUT2D eigenvalue weighted by Gasteiger charge is 2.63. The molecule has 0 unspecified atom stereocenters. The average Bonchev–Trinajstić information content (AvgIpc) is 2.77. The van der Waals surface area contributed by atoms with Crippen molar-refractivity contribution in [1.82, 2.24) is 10.2 Å². The molecular weight excluding hydrogens is 473 g/mol. The number of aromatic hydroxyl groups is 1. The van der Waals surface area contributed by atoms with Crippen LogP contribution in [0.4, 0.5) is 4.39 Å². The number of aliphatic hydroxyl groups excluding tert-OH is 2. The first-order valence-electron chi connectivity index (χ1n) is 11.6. The summed E-state index contributed by atoms with van der Waals surface area (Å²) in [4.78, 5) is 40.3. The molecule has 36 heavy (non-hydrogen) atoms. The summed E-state index contributed by atoms with van der Waals surface area (Å²) in [5.74, 6) is -8.28. The van der Waals surface area contributed by atoms with E-state index in [9.17, 15) is 34.8 Å². The normalized spacial score (nSPS) is 27.9. The Morgan fingerprint density at radius 3 is 2.47 bits per heavy atom. The fourth-order valence-corrected chi connectivity index (χ4v) is 5.77. The number of nitrogens with two attached hydrogens (primary N) is 1. The van der Waals surface area contributed by atoms with Crippen molar-refractivity contribution < 1.29 is 39.2 Å². The quantitative estimate of drug-likeness (QED) is 0.317. The third kappa shape index (κ3) is 3.53. The minimum absolute atomic E-state index is 0.0192. The maximum atomic E-state index is 15.2. The van der Waals surface area contributed by atoms with E-state index < -0.39 is 69.6 Å². The molecule has 0 radical (unpaired) electrons. The summed E-state index contributed by atoms with van der Waals surface area (Å²) >= 11 is 0. The van der Waals surface area contributed by atoms with Crippen LogP contribution in [0.2, 0.25) is 0 Å². The Kier molecular flexibility index (Phi) is 6.22. The second-order valence-electron chi connectivity index (χ2n) is 10.2. The Morgan fingerprint density at radius 2 is 1.92 bits per heavy atom. The van der Waals surface area contributed by atoms with Gasteiger partial charge in [-0.25, -0.2) is 4.39 Å². The number of nitrogens with zero attached hydrogens (tertiary/aromatic N) is 1. The number of benzene rings is 1. The van der Waals surface area contributed by atoms with Gasteiger partial charge >= 0.3 is 0 Å². The molecule has 0 aromatic heterocycles. The molecule has 0 heterocycles. The zero-order valence-electron chi connectivity index (χ0n) is 20.4. The maximum Gasteiger partial charge on any atom is 0.255 e. The first-order valence-corrected chi connectivity index (χ1v) is 11.6. The molecule has 0 saturated heterocycles. The number of fused-ring (bicyclic) bond motifs is 3. The molecule has 1 aromatic carbocycles. The van der Waals surface area contributed by atoms with E-state index in [0.717, 1.165) is 6.07 Å². The van der Waals surface area contributed by atoms with E-state index in [0.29, 0.717) is 0 Å². The van der Waals surface area contributed by atoms with Gasteiger partial charge in [-0.05, 0) is 38.9 Å². The van der Waals surface area contributed by atoms with Gasteiger partial charge in [0.2, 0.25) is 5.78 Å².